The number of benzene rings is 1. The first-order valence-electron chi connectivity index (χ1n) is 10.3. The van der Waals surface area contributed by atoms with Crippen molar-refractivity contribution in [3.63, 3.8) is 0 Å². The first-order valence-corrected chi connectivity index (χ1v) is 10.3. The Hall–Kier alpha value is -1.55. The summed E-state index contributed by atoms with van der Waals surface area (Å²) in [6, 6.07) is 7.11. The lowest BCUT2D eigenvalue weighted by molar-refractivity contribution is -0.128. The molecule has 4 heteroatoms. The number of methoxy groups -OCH3 is 1. The number of fused-ring (bicyclic) bond motifs is 3. The van der Waals surface area contributed by atoms with Crippen LogP contribution in [0, 0.1) is 5.41 Å². The number of nitrogens with zero attached hydrogens (tertiary/aromatic N) is 2. The summed E-state index contributed by atoms with van der Waals surface area (Å²) < 4.78 is 5.78. The summed E-state index contributed by atoms with van der Waals surface area (Å²) in [5.74, 6) is 1.07. The molecule has 3 heterocycles. The van der Waals surface area contributed by atoms with E-state index in [1.807, 2.05) is 6.07 Å². The molecule has 3 spiro atoms. The molecule has 2 unspecified atom stereocenters. The second kappa shape index (κ2) is 4.64. The van der Waals surface area contributed by atoms with E-state index < -0.39 is 0 Å². The van der Waals surface area contributed by atoms with Crippen LogP contribution < -0.4 is 9.64 Å². The highest BCUT2D eigenvalue weighted by Gasteiger charge is 2.77. The van der Waals surface area contributed by atoms with Crippen molar-refractivity contribution in [1.29, 1.82) is 0 Å². The second-order valence-electron chi connectivity index (χ2n) is 9.37. The molecule has 2 bridgehead atoms. The van der Waals surface area contributed by atoms with Gasteiger partial charge >= 0.3 is 0 Å². The van der Waals surface area contributed by atoms with Crippen LogP contribution in [-0.2, 0) is 10.2 Å². The van der Waals surface area contributed by atoms with Gasteiger partial charge in [-0.25, -0.2) is 0 Å². The summed E-state index contributed by atoms with van der Waals surface area (Å²) in [5, 5.41) is 0. The highest BCUT2D eigenvalue weighted by Crippen LogP contribution is 2.75. The highest BCUT2D eigenvalue weighted by molar-refractivity contribution is 5.99. The minimum atomic E-state index is -0.0334. The van der Waals surface area contributed by atoms with Crippen LogP contribution in [0.3, 0.4) is 0 Å². The Labute approximate surface area is 155 Å². The highest BCUT2D eigenvalue weighted by atomic mass is 16.5. The van der Waals surface area contributed by atoms with E-state index in [4.69, 9.17) is 4.74 Å². The number of ether oxygens (including phenoxy) is 1. The molecule has 1 aromatic rings. The van der Waals surface area contributed by atoms with Gasteiger partial charge < -0.3 is 9.64 Å². The van der Waals surface area contributed by atoms with Gasteiger partial charge in [-0.2, -0.15) is 0 Å². The fourth-order valence-corrected chi connectivity index (χ4v) is 8.34. The lowest BCUT2D eigenvalue weighted by atomic mass is 9.41. The number of anilines is 1. The maximum absolute atomic E-state index is 13.0. The van der Waals surface area contributed by atoms with Gasteiger partial charge in [0, 0.05) is 18.4 Å². The Morgan fingerprint density at radius 1 is 1.12 bits per heavy atom. The summed E-state index contributed by atoms with van der Waals surface area (Å²) in [4.78, 5) is 18.0. The van der Waals surface area contributed by atoms with Gasteiger partial charge in [0.2, 0.25) is 5.91 Å². The van der Waals surface area contributed by atoms with E-state index in [-0.39, 0.29) is 16.9 Å². The molecule has 3 aliphatic heterocycles. The van der Waals surface area contributed by atoms with Gasteiger partial charge in [0.15, 0.2) is 0 Å². The molecule has 3 saturated carbocycles. The monoisotopic (exact) mass is 352 g/mol. The maximum atomic E-state index is 13.0. The zero-order valence-corrected chi connectivity index (χ0v) is 15.9. The quantitative estimate of drug-likeness (QED) is 0.776. The first-order chi connectivity index (χ1) is 12.6. The van der Waals surface area contributed by atoms with Gasteiger partial charge in [0.05, 0.1) is 18.3 Å². The SMILES string of the molecule is COc1cccc2c1N(C(C)=O)C13CCC4(CCCN5CCC21C54)CC3. The Morgan fingerprint density at radius 3 is 2.65 bits per heavy atom. The Balaban J connectivity index is 1.69. The van der Waals surface area contributed by atoms with Crippen molar-refractivity contribution in [2.45, 2.75) is 68.9 Å². The first kappa shape index (κ1) is 15.5. The van der Waals surface area contributed by atoms with Crippen molar-refractivity contribution in [1.82, 2.24) is 4.90 Å². The number of para-hydroxylation sites is 1. The molecule has 2 atom stereocenters. The zero-order chi connectivity index (χ0) is 17.7. The standard InChI is InChI=1S/C22H28N2O2/c1-15(25)24-18-16(5-3-6-17(18)26-2)22-12-14-23-13-4-7-20(19(22)23)8-10-21(22,24)11-9-20/h3,5-6,19H,4,7-14H2,1-2H3. The van der Waals surface area contributed by atoms with E-state index in [2.05, 4.69) is 21.9 Å². The van der Waals surface area contributed by atoms with Crippen LogP contribution in [0.2, 0.25) is 0 Å². The maximum Gasteiger partial charge on any atom is 0.224 e. The number of carbonyl (C=O) groups is 1. The predicted molar refractivity (Wildman–Crippen MR) is 101 cm³/mol. The molecule has 0 aromatic heterocycles. The minimum absolute atomic E-state index is 0.0334. The fraction of sp³-hybridized carbons (Fsp3) is 0.682. The number of carbonyl (C=O) groups excluding carboxylic acids is 1. The molecule has 1 aromatic carbocycles. The zero-order valence-electron chi connectivity index (χ0n) is 15.9. The molecule has 3 aliphatic carbocycles. The topological polar surface area (TPSA) is 32.8 Å². The minimum Gasteiger partial charge on any atom is -0.495 e. The molecule has 5 fully saturated rings. The van der Waals surface area contributed by atoms with Crippen LogP contribution in [0.4, 0.5) is 5.69 Å². The van der Waals surface area contributed by atoms with Crippen molar-refractivity contribution < 1.29 is 9.53 Å². The van der Waals surface area contributed by atoms with Crippen LogP contribution in [0.15, 0.2) is 18.2 Å². The van der Waals surface area contributed by atoms with Crippen LogP contribution in [-0.4, -0.2) is 42.6 Å². The summed E-state index contributed by atoms with van der Waals surface area (Å²) in [6.45, 7) is 4.19. The molecule has 4 nitrogen and oxygen atoms in total. The molecule has 1 amide bonds. The van der Waals surface area contributed by atoms with Crippen molar-refractivity contribution in [3.05, 3.63) is 23.8 Å². The van der Waals surface area contributed by atoms with E-state index in [0.29, 0.717) is 11.5 Å². The Bertz CT molecular complexity index is 810. The van der Waals surface area contributed by atoms with Crippen molar-refractivity contribution in [2.24, 2.45) is 5.41 Å². The van der Waals surface area contributed by atoms with E-state index in [1.54, 1.807) is 14.0 Å². The van der Waals surface area contributed by atoms with Crippen molar-refractivity contribution >= 4 is 11.6 Å². The van der Waals surface area contributed by atoms with E-state index >= 15 is 0 Å². The molecule has 7 rings (SSSR count). The average Bonchev–Trinajstić information content (AvgIpc) is 3.18. The van der Waals surface area contributed by atoms with Crippen molar-refractivity contribution in [3.8, 4) is 5.75 Å². The molecule has 138 valence electrons. The van der Waals surface area contributed by atoms with Crippen LogP contribution >= 0.6 is 0 Å². The molecular weight excluding hydrogens is 324 g/mol. The third-order valence-corrected chi connectivity index (χ3v) is 8.89. The molecule has 6 aliphatic rings. The van der Waals surface area contributed by atoms with Crippen LogP contribution in [0.5, 0.6) is 5.75 Å². The van der Waals surface area contributed by atoms with Gasteiger partial charge in [-0.05, 0) is 75.1 Å². The third-order valence-electron chi connectivity index (χ3n) is 8.89. The number of piperidine rings is 1. The number of hydrogen-bond donors (Lipinski definition) is 0. The summed E-state index contributed by atoms with van der Waals surface area (Å²) in [7, 11) is 1.74. The summed E-state index contributed by atoms with van der Waals surface area (Å²) in [6.07, 6.45) is 8.82. The van der Waals surface area contributed by atoms with E-state index in [9.17, 15) is 4.79 Å². The predicted octanol–water partition coefficient (Wildman–Crippen LogP) is 3.48. The Kier molecular flexibility index (Phi) is 2.77. The average molecular weight is 352 g/mol. The van der Waals surface area contributed by atoms with Gasteiger partial charge in [-0.1, -0.05) is 12.1 Å². The Morgan fingerprint density at radius 2 is 1.92 bits per heavy atom. The third kappa shape index (κ3) is 1.38. The van der Waals surface area contributed by atoms with Gasteiger partial charge in [-0.3, -0.25) is 9.69 Å². The summed E-state index contributed by atoms with van der Waals surface area (Å²) in [5.41, 5.74) is 3.05. The van der Waals surface area contributed by atoms with Gasteiger partial charge in [0.25, 0.3) is 0 Å². The molecule has 26 heavy (non-hydrogen) atoms. The smallest absolute Gasteiger partial charge is 0.224 e. The molecule has 2 saturated heterocycles. The van der Waals surface area contributed by atoms with Gasteiger partial charge in [-0.15, -0.1) is 0 Å². The van der Waals surface area contributed by atoms with Crippen LogP contribution in [0.1, 0.15) is 57.4 Å². The molecular formula is C22H28N2O2. The number of amides is 1. The van der Waals surface area contributed by atoms with Crippen LogP contribution in [0.25, 0.3) is 0 Å². The molecule has 0 radical (unpaired) electrons. The largest absolute Gasteiger partial charge is 0.495 e. The number of rotatable bonds is 1. The summed E-state index contributed by atoms with van der Waals surface area (Å²) >= 11 is 0. The van der Waals surface area contributed by atoms with Crippen molar-refractivity contribution in [2.75, 3.05) is 25.1 Å². The van der Waals surface area contributed by atoms with Gasteiger partial charge in [0.1, 0.15) is 5.75 Å². The lowest BCUT2D eigenvalue weighted by Gasteiger charge is -2.68. The van der Waals surface area contributed by atoms with E-state index in [1.165, 1.54) is 50.8 Å². The lowest BCUT2D eigenvalue weighted by Crippen LogP contribution is -2.75. The normalized spacial score (nSPS) is 42.4. The van der Waals surface area contributed by atoms with E-state index in [0.717, 1.165) is 24.3 Å². The second-order valence-corrected chi connectivity index (χ2v) is 9.37. The molecule has 0 N–H and O–H groups in total. The fourth-order valence-electron chi connectivity index (χ4n) is 8.34. The number of hydrogen-bond acceptors (Lipinski definition) is 3.